The number of amides is 1. The Morgan fingerprint density at radius 1 is 1.23 bits per heavy atom. The first-order valence-corrected chi connectivity index (χ1v) is 10.5. The number of carbonyl (C=O) groups excluding carboxylic acids is 1. The van der Waals surface area contributed by atoms with Gasteiger partial charge in [-0.25, -0.2) is 13.4 Å². The van der Waals surface area contributed by atoms with Gasteiger partial charge < -0.3 is 10.2 Å². The summed E-state index contributed by atoms with van der Waals surface area (Å²) in [4.78, 5) is 18.5. The quantitative estimate of drug-likeness (QED) is 0.871. The molecule has 1 aromatic carbocycles. The van der Waals surface area contributed by atoms with Crippen LogP contribution in [0, 0.1) is 0 Å². The fraction of sp³-hybridized carbons (Fsp3) is 0.368. The smallest absolute Gasteiger partial charge is 0.274 e. The van der Waals surface area contributed by atoms with Crippen LogP contribution in [0.3, 0.4) is 0 Å². The SMILES string of the molecule is CCc1ccc(NC(=O)c2ccc(N(C)C3CCS(=O)(=O)C3)cn2)cc1. The molecule has 3 rings (SSSR count). The zero-order valence-electron chi connectivity index (χ0n) is 15.0. The molecule has 26 heavy (non-hydrogen) atoms. The van der Waals surface area contributed by atoms with Crippen LogP contribution in [0.4, 0.5) is 11.4 Å². The van der Waals surface area contributed by atoms with Gasteiger partial charge >= 0.3 is 0 Å². The maximum absolute atomic E-state index is 12.3. The van der Waals surface area contributed by atoms with Crippen molar-refractivity contribution < 1.29 is 13.2 Å². The highest BCUT2D eigenvalue weighted by Crippen LogP contribution is 2.22. The summed E-state index contributed by atoms with van der Waals surface area (Å²) in [7, 11) is -1.08. The second-order valence-electron chi connectivity index (χ2n) is 6.57. The van der Waals surface area contributed by atoms with Crippen LogP contribution in [0.5, 0.6) is 0 Å². The number of nitrogens with one attached hydrogen (secondary N) is 1. The first-order valence-electron chi connectivity index (χ1n) is 8.67. The number of aryl methyl sites for hydroxylation is 1. The second kappa shape index (κ2) is 7.45. The summed E-state index contributed by atoms with van der Waals surface area (Å²) >= 11 is 0. The lowest BCUT2D eigenvalue weighted by molar-refractivity contribution is 0.102. The number of sulfone groups is 1. The van der Waals surface area contributed by atoms with Crippen molar-refractivity contribution in [3.8, 4) is 0 Å². The molecule has 0 spiro atoms. The molecule has 2 aromatic rings. The Hall–Kier alpha value is -2.41. The lowest BCUT2D eigenvalue weighted by Gasteiger charge is -2.25. The summed E-state index contributed by atoms with van der Waals surface area (Å²) in [6.45, 7) is 2.08. The second-order valence-corrected chi connectivity index (χ2v) is 8.80. The Kier molecular flexibility index (Phi) is 5.27. The summed E-state index contributed by atoms with van der Waals surface area (Å²) in [5.41, 5.74) is 3.06. The van der Waals surface area contributed by atoms with Crippen LogP contribution in [0.1, 0.15) is 29.4 Å². The molecule has 1 saturated heterocycles. The number of nitrogens with zero attached hydrogens (tertiary/aromatic N) is 2. The standard InChI is InChI=1S/C19H23N3O3S/c1-3-14-4-6-15(7-5-14)21-19(23)18-9-8-16(12-20-18)22(2)17-10-11-26(24,25)13-17/h4-9,12,17H,3,10-11,13H2,1-2H3,(H,21,23). The average molecular weight is 373 g/mol. The van der Waals surface area contributed by atoms with Gasteiger partial charge in [-0.2, -0.15) is 0 Å². The predicted molar refractivity (Wildman–Crippen MR) is 103 cm³/mol. The van der Waals surface area contributed by atoms with Gasteiger partial charge in [-0.3, -0.25) is 4.79 Å². The number of pyridine rings is 1. The molecular formula is C19H23N3O3S. The maximum atomic E-state index is 12.3. The zero-order chi connectivity index (χ0) is 18.7. The summed E-state index contributed by atoms with van der Waals surface area (Å²) in [5, 5.41) is 2.83. The third-order valence-electron chi connectivity index (χ3n) is 4.76. The van der Waals surface area contributed by atoms with Crippen molar-refractivity contribution in [2.75, 3.05) is 28.8 Å². The van der Waals surface area contributed by atoms with Crippen molar-refractivity contribution in [2.45, 2.75) is 25.8 Å². The van der Waals surface area contributed by atoms with Gasteiger partial charge in [-0.15, -0.1) is 0 Å². The van der Waals surface area contributed by atoms with Crippen LogP contribution in [0.15, 0.2) is 42.6 Å². The molecule has 1 aliphatic rings. The third kappa shape index (κ3) is 4.22. The highest BCUT2D eigenvalue weighted by molar-refractivity contribution is 7.91. The molecule has 1 N–H and O–H groups in total. The molecule has 6 nitrogen and oxygen atoms in total. The van der Waals surface area contributed by atoms with Crippen molar-refractivity contribution in [3.05, 3.63) is 53.9 Å². The number of anilines is 2. The topological polar surface area (TPSA) is 79.4 Å². The van der Waals surface area contributed by atoms with Crippen LogP contribution in [-0.2, 0) is 16.3 Å². The molecule has 7 heteroatoms. The molecule has 1 aliphatic heterocycles. The van der Waals surface area contributed by atoms with Crippen LogP contribution < -0.4 is 10.2 Å². The number of hydrogen-bond acceptors (Lipinski definition) is 5. The molecule has 1 aromatic heterocycles. The van der Waals surface area contributed by atoms with E-state index in [9.17, 15) is 13.2 Å². The Balaban J connectivity index is 1.65. The molecule has 0 radical (unpaired) electrons. The molecule has 2 heterocycles. The predicted octanol–water partition coefficient (Wildman–Crippen LogP) is 2.52. The lowest BCUT2D eigenvalue weighted by Crippen LogP contribution is -2.32. The van der Waals surface area contributed by atoms with Gasteiger partial charge in [0.2, 0.25) is 0 Å². The van der Waals surface area contributed by atoms with E-state index in [0.717, 1.165) is 17.8 Å². The normalized spacial score (nSPS) is 18.5. The molecular weight excluding hydrogens is 350 g/mol. The van der Waals surface area contributed by atoms with Crippen molar-refractivity contribution >= 4 is 27.1 Å². The summed E-state index contributed by atoms with van der Waals surface area (Å²) < 4.78 is 23.3. The lowest BCUT2D eigenvalue weighted by atomic mass is 10.1. The van der Waals surface area contributed by atoms with Gasteiger partial charge in [0.25, 0.3) is 5.91 Å². The Morgan fingerprint density at radius 3 is 2.50 bits per heavy atom. The summed E-state index contributed by atoms with van der Waals surface area (Å²) in [6, 6.07) is 11.1. The van der Waals surface area contributed by atoms with Crippen molar-refractivity contribution in [3.63, 3.8) is 0 Å². The molecule has 0 saturated carbocycles. The van der Waals surface area contributed by atoms with E-state index in [1.54, 1.807) is 18.3 Å². The van der Waals surface area contributed by atoms with Crippen molar-refractivity contribution in [1.29, 1.82) is 0 Å². The van der Waals surface area contributed by atoms with E-state index in [-0.39, 0.29) is 23.5 Å². The van der Waals surface area contributed by atoms with Gasteiger partial charge in [0, 0.05) is 18.8 Å². The molecule has 138 valence electrons. The van der Waals surface area contributed by atoms with Gasteiger partial charge in [-0.1, -0.05) is 19.1 Å². The number of hydrogen-bond donors (Lipinski definition) is 1. The van der Waals surface area contributed by atoms with Crippen molar-refractivity contribution in [1.82, 2.24) is 4.98 Å². The Labute approximate surface area is 154 Å². The minimum Gasteiger partial charge on any atom is -0.369 e. The minimum atomic E-state index is -2.94. The van der Waals surface area contributed by atoms with Gasteiger partial charge in [0.05, 0.1) is 23.4 Å². The van der Waals surface area contributed by atoms with E-state index in [0.29, 0.717) is 12.1 Å². The molecule has 0 aliphatic carbocycles. The number of carbonyl (C=O) groups is 1. The molecule has 1 atom stereocenters. The van der Waals surface area contributed by atoms with Crippen molar-refractivity contribution in [2.24, 2.45) is 0 Å². The van der Waals surface area contributed by atoms with Crippen LogP contribution in [-0.4, -0.2) is 43.9 Å². The van der Waals surface area contributed by atoms with E-state index in [1.807, 2.05) is 36.2 Å². The first kappa shape index (κ1) is 18.4. The van der Waals surface area contributed by atoms with E-state index in [2.05, 4.69) is 17.2 Å². The van der Waals surface area contributed by atoms with Gasteiger partial charge in [0.15, 0.2) is 9.84 Å². The third-order valence-corrected chi connectivity index (χ3v) is 6.51. The van der Waals surface area contributed by atoms with Gasteiger partial charge in [-0.05, 0) is 42.7 Å². The van der Waals surface area contributed by atoms with E-state index >= 15 is 0 Å². The summed E-state index contributed by atoms with van der Waals surface area (Å²) in [6.07, 6.45) is 3.18. The largest absolute Gasteiger partial charge is 0.369 e. The number of aromatic nitrogens is 1. The fourth-order valence-electron chi connectivity index (χ4n) is 3.04. The van der Waals surface area contributed by atoms with Crippen LogP contribution >= 0.6 is 0 Å². The molecule has 1 fully saturated rings. The highest BCUT2D eigenvalue weighted by atomic mass is 32.2. The maximum Gasteiger partial charge on any atom is 0.274 e. The first-order chi connectivity index (χ1) is 12.4. The molecule has 0 bridgehead atoms. The van der Waals surface area contributed by atoms with Crippen LogP contribution in [0.2, 0.25) is 0 Å². The van der Waals surface area contributed by atoms with E-state index < -0.39 is 9.84 Å². The highest BCUT2D eigenvalue weighted by Gasteiger charge is 2.30. The van der Waals surface area contributed by atoms with E-state index in [4.69, 9.17) is 0 Å². The fourth-order valence-corrected chi connectivity index (χ4v) is 4.81. The van der Waals surface area contributed by atoms with Gasteiger partial charge in [0.1, 0.15) is 5.69 Å². The number of rotatable bonds is 5. The van der Waals surface area contributed by atoms with E-state index in [1.165, 1.54) is 5.56 Å². The average Bonchev–Trinajstić information content (AvgIpc) is 3.01. The number of benzene rings is 1. The zero-order valence-corrected chi connectivity index (χ0v) is 15.8. The monoisotopic (exact) mass is 373 g/mol. The molecule has 1 unspecified atom stereocenters. The summed E-state index contributed by atoms with van der Waals surface area (Å²) in [5.74, 6) is 0.124. The Bertz CT molecular complexity index is 877. The Morgan fingerprint density at radius 2 is 1.96 bits per heavy atom. The van der Waals surface area contributed by atoms with Crippen LogP contribution in [0.25, 0.3) is 0 Å². The molecule has 1 amide bonds. The minimum absolute atomic E-state index is 0.0430.